The molecule has 0 amide bonds. The van der Waals surface area contributed by atoms with Crippen LogP contribution in [0.25, 0.3) is 0 Å². The Morgan fingerprint density at radius 1 is 1.15 bits per heavy atom. The van der Waals surface area contributed by atoms with Gasteiger partial charge in [-0.05, 0) is 37.3 Å². The number of ether oxygens (including phenoxy) is 1. The van der Waals surface area contributed by atoms with Crippen LogP contribution in [-0.4, -0.2) is 11.1 Å². The first-order chi connectivity index (χ1) is 9.49. The van der Waals surface area contributed by atoms with Gasteiger partial charge in [0.15, 0.2) is 0 Å². The molecule has 2 rings (SSSR count). The molecule has 0 saturated heterocycles. The van der Waals surface area contributed by atoms with Gasteiger partial charge in [-0.2, -0.15) is 0 Å². The molecular formula is C17H28N2O. The predicted octanol–water partition coefficient (Wildman–Crippen LogP) is 3.94. The van der Waals surface area contributed by atoms with Crippen LogP contribution < -0.4 is 10.5 Å². The molecular weight excluding hydrogens is 248 g/mol. The lowest BCUT2D eigenvalue weighted by Gasteiger charge is -2.22. The molecule has 1 aliphatic carbocycles. The Morgan fingerprint density at radius 2 is 1.80 bits per heavy atom. The quantitative estimate of drug-likeness (QED) is 0.851. The van der Waals surface area contributed by atoms with Gasteiger partial charge >= 0.3 is 0 Å². The van der Waals surface area contributed by atoms with Crippen LogP contribution in [-0.2, 0) is 12.0 Å². The number of hydrogen-bond acceptors (Lipinski definition) is 3. The van der Waals surface area contributed by atoms with Crippen molar-refractivity contribution in [3.8, 4) is 5.88 Å². The van der Waals surface area contributed by atoms with Gasteiger partial charge in [-0.1, -0.05) is 33.6 Å². The molecule has 3 heteroatoms. The Morgan fingerprint density at radius 3 is 2.35 bits per heavy atom. The minimum Gasteiger partial charge on any atom is -0.474 e. The van der Waals surface area contributed by atoms with Crippen molar-refractivity contribution >= 4 is 0 Å². The second-order valence-corrected chi connectivity index (χ2v) is 6.88. The van der Waals surface area contributed by atoms with Crippen LogP contribution >= 0.6 is 0 Å². The Labute approximate surface area is 122 Å². The Kier molecular flexibility index (Phi) is 5.03. The SMILES string of the molecule is CC(C)(C)c1cc(CN)cc(OC2CCCCCC2)n1. The standard InChI is InChI=1S/C17H28N2O/c1-17(2,3)15-10-13(12-18)11-16(19-15)20-14-8-6-4-5-7-9-14/h10-11,14H,4-9,12,18H2,1-3H3. The van der Waals surface area contributed by atoms with E-state index < -0.39 is 0 Å². The van der Waals surface area contributed by atoms with Gasteiger partial charge in [0.1, 0.15) is 6.10 Å². The van der Waals surface area contributed by atoms with E-state index in [1.165, 1.54) is 25.7 Å². The third-order valence-corrected chi connectivity index (χ3v) is 3.96. The smallest absolute Gasteiger partial charge is 0.214 e. The summed E-state index contributed by atoms with van der Waals surface area (Å²) >= 11 is 0. The maximum Gasteiger partial charge on any atom is 0.214 e. The van der Waals surface area contributed by atoms with Crippen LogP contribution in [0.2, 0.25) is 0 Å². The molecule has 3 nitrogen and oxygen atoms in total. The second-order valence-electron chi connectivity index (χ2n) is 6.88. The zero-order valence-electron chi connectivity index (χ0n) is 13.1. The normalized spacial score (nSPS) is 17.8. The van der Waals surface area contributed by atoms with Crippen LogP contribution in [0.15, 0.2) is 12.1 Å². The zero-order valence-corrected chi connectivity index (χ0v) is 13.1. The Bertz CT molecular complexity index is 429. The number of nitrogens with zero attached hydrogens (tertiary/aromatic N) is 1. The molecule has 1 aliphatic rings. The highest BCUT2D eigenvalue weighted by atomic mass is 16.5. The number of nitrogens with two attached hydrogens (primary N) is 1. The van der Waals surface area contributed by atoms with Crippen LogP contribution in [0, 0.1) is 0 Å². The lowest BCUT2D eigenvalue weighted by Crippen LogP contribution is -2.19. The highest BCUT2D eigenvalue weighted by Crippen LogP contribution is 2.26. The second kappa shape index (κ2) is 6.57. The van der Waals surface area contributed by atoms with E-state index >= 15 is 0 Å². The third kappa shape index (κ3) is 4.20. The topological polar surface area (TPSA) is 48.1 Å². The van der Waals surface area contributed by atoms with E-state index in [1.807, 2.05) is 6.07 Å². The first-order valence-corrected chi connectivity index (χ1v) is 7.87. The van der Waals surface area contributed by atoms with E-state index in [-0.39, 0.29) is 5.41 Å². The summed E-state index contributed by atoms with van der Waals surface area (Å²) in [5.41, 5.74) is 7.99. The molecule has 1 saturated carbocycles. The van der Waals surface area contributed by atoms with E-state index in [0.717, 1.165) is 30.0 Å². The van der Waals surface area contributed by atoms with Crippen molar-refractivity contribution in [1.82, 2.24) is 4.98 Å². The summed E-state index contributed by atoms with van der Waals surface area (Å²) in [6.07, 6.45) is 7.84. The summed E-state index contributed by atoms with van der Waals surface area (Å²) in [4.78, 5) is 4.70. The van der Waals surface area contributed by atoms with Crippen molar-refractivity contribution in [2.45, 2.75) is 77.4 Å². The molecule has 20 heavy (non-hydrogen) atoms. The predicted molar refractivity (Wildman–Crippen MR) is 82.9 cm³/mol. The maximum atomic E-state index is 6.15. The van der Waals surface area contributed by atoms with Gasteiger partial charge in [-0.25, -0.2) is 4.98 Å². The first kappa shape index (κ1) is 15.3. The number of pyridine rings is 1. The maximum absolute atomic E-state index is 6.15. The van der Waals surface area contributed by atoms with Gasteiger partial charge in [0.2, 0.25) is 5.88 Å². The van der Waals surface area contributed by atoms with Crippen LogP contribution in [0.1, 0.15) is 70.6 Å². The third-order valence-electron chi connectivity index (χ3n) is 3.96. The Balaban J connectivity index is 2.17. The Hall–Kier alpha value is -1.09. The lowest BCUT2D eigenvalue weighted by atomic mass is 9.91. The molecule has 0 atom stereocenters. The average molecular weight is 276 g/mol. The summed E-state index contributed by atoms with van der Waals surface area (Å²) in [6.45, 7) is 7.05. The highest BCUT2D eigenvalue weighted by Gasteiger charge is 2.19. The van der Waals surface area contributed by atoms with Crippen LogP contribution in [0.3, 0.4) is 0 Å². The van der Waals surface area contributed by atoms with Crippen molar-refractivity contribution in [1.29, 1.82) is 0 Å². The monoisotopic (exact) mass is 276 g/mol. The minimum atomic E-state index is 0.0206. The molecule has 0 aromatic carbocycles. The fourth-order valence-corrected chi connectivity index (χ4v) is 2.65. The van der Waals surface area contributed by atoms with Crippen molar-refractivity contribution in [3.63, 3.8) is 0 Å². The van der Waals surface area contributed by atoms with Gasteiger partial charge in [0.25, 0.3) is 0 Å². The number of rotatable bonds is 3. The number of aromatic nitrogens is 1. The molecule has 1 heterocycles. The molecule has 1 aromatic rings. The summed E-state index contributed by atoms with van der Waals surface area (Å²) in [5, 5.41) is 0. The van der Waals surface area contributed by atoms with Gasteiger partial charge in [0.05, 0.1) is 5.69 Å². The largest absolute Gasteiger partial charge is 0.474 e. The highest BCUT2D eigenvalue weighted by molar-refractivity contribution is 5.28. The summed E-state index contributed by atoms with van der Waals surface area (Å²) in [7, 11) is 0. The fourth-order valence-electron chi connectivity index (χ4n) is 2.65. The van der Waals surface area contributed by atoms with Crippen molar-refractivity contribution in [3.05, 3.63) is 23.4 Å². The van der Waals surface area contributed by atoms with E-state index in [2.05, 4.69) is 26.8 Å². The first-order valence-electron chi connectivity index (χ1n) is 7.87. The van der Waals surface area contributed by atoms with Crippen molar-refractivity contribution in [2.75, 3.05) is 0 Å². The van der Waals surface area contributed by atoms with E-state index in [4.69, 9.17) is 15.5 Å². The molecule has 1 aromatic heterocycles. The van der Waals surface area contributed by atoms with E-state index in [0.29, 0.717) is 12.6 Å². The van der Waals surface area contributed by atoms with Gasteiger partial charge in [-0.15, -0.1) is 0 Å². The molecule has 0 spiro atoms. The zero-order chi connectivity index (χ0) is 14.6. The lowest BCUT2D eigenvalue weighted by molar-refractivity contribution is 0.175. The van der Waals surface area contributed by atoms with Gasteiger partial charge in [-0.3, -0.25) is 0 Å². The van der Waals surface area contributed by atoms with E-state index in [1.54, 1.807) is 0 Å². The molecule has 0 aliphatic heterocycles. The van der Waals surface area contributed by atoms with Gasteiger partial charge in [0, 0.05) is 18.0 Å². The molecule has 1 fully saturated rings. The minimum absolute atomic E-state index is 0.0206. The summed E-state index contributed by atoms with van der Waals surface area (Å²) < 4.78 is 6.15. The fraction of sp³-hybridized carbons (Fsp3) is 0.706. The average Bonchev–Trinajstić information content (AvgIpc) is 2.66. The molecule has 112 valence electrons. The molecule has 0 radical (unpaired) electrons. The van der Waals surface area contributed by atoms with Crippen LogP contribution in [0.5, 0.6) is 5.88 Å². The number of hydrogen-bond donors (Lipinski definition) is 1. The summed E-state index contributed by atoms with van der Waals surface area (Å²) in [5.74, 6) is 0.754. The molecule has 2 N–H and O–H groups in total. The molecule has 0 bridgehead atoms. The van der Waals surface area contributed by atoms with Crippen molar-refractivity contribution < 1.29 is 4.74 Å². The summed E-state index contributed by atoms with van der Waals surface area (Å²) in [6, 6.07) is 4.10. The van der Waals surface area contributed by atoms with E-state index in [9.17, 15) is 0 Å². The molecule has 0 unspecified atom stereocenters. The van der Waals surface area contributed by atoms with Crippen LogP contribution in [0.4, 0.5) is 0 Å². The van der Waals surface area contributed by atoms with Crippen molar-refractivity contribution in [2.24, 2.45) is 5.73 Å². The van der Waals surface area contributed by atoms with Gasteiger partial charge < -0.3 is 10.5 Å².